The summed E-state index contributed by atoms with van der Waals surface area (Å²) in [5.41, 5.74) is 0.929. The van der Waals surface area contributed by atoms with Gasteiger partial charge in [0.05, 0.1) is 12.4 Å². The van der Waals surface area contributed by atoms with Crippen molar-refractivity contribution in [1.82, 2.24) is 20.5 Å². The summed E-state index contributed by atoms with van der Waals surface area (Å²) in [7, 11) is 1.64. The average molecular weight is 346 g/mol. The molecule has 1 heterocycles. The van der Waals surface area contributed by atoms with Crippen LogP contribution in [0.3, 0.4) is 0 Å². The van der Waals surface area contributed by atoms with E-state index in [1.807, 2.05) is 31.2 Å². The Kier molecular flexibility index (Phi) is 5.40. The van der Waals surface area contributed by atoms with E-state index >= 15 is 0 Å². The molecule has 128 valence electrons. The molecule has 1 aromatic carbocycles. The second-order valence-corrected chi connectivity index (χ2v) is 7.25. The fourth-order valence-electron chi connectivity index (χ4n) is 2.78. The van der Waals surface area contributed by atoms with Crippen molar-refractivity contribution in [2.45, 2.75) is 49.1 Å². The predicted molar refractivity (Wildman–Crippen MR) is 94.1 cm³/mol. The molecule has 1 fully saturated rings. The van der Waals surface area contributed by atoms with Gasteiger partial charge in [0.1, 0.15) is 5.75 Å². The molecule has 24 heavy (non-hydrogen) atoms. The van der Waals surface area contributed by atoms with Gasteiger partial charge in [-0.1, -0.05) is 24.6 Å². The van der Waals surface area contributed by atoms with Crippen LogP contribution in [0.2, 0.25) is 0 Å². The third-order valence-corrected chi connectivity index (χ3v) is 5.14. The van der Waals surface area contributed by atoms with Gasteiger partial charge in [0.15, 0.2) is 5.82 Å². The number of amides is 1. The monoisotopic (exact) mass is 346 g/mol. The highest BCUT2D eigenvalue weighted by atomic mass is 32.2. The topological polar surface area (TPSA) is 79.9 Å². The van der Waals surface area contributed by atoms with E-state index in [0.29, 0.717) is 17.0 Å². The molecule has 1 aliphatic rings. The van der Waals surface area contributed by atoms with Crippen LogP contribution < -0.4 is 10.1 Å². The van der Waals surface area contributed by atoms with E-state index in [1.54, 1.807) is 7.11 Å². The van der Waals surface area contributed by atoms with E-state index in [2.05, 4.69) is 20.5 Å². The average Bonchev–Trinajstić information content (AvgIpc) is 3.27. The highest BCUT2D eigenvalue weighted by Gasteiger charge is 2.22. The van der Waals surface area contributed by atoms with E-state index in [4.69, 9.17) is 4.74 Å². The molecular weight excluding hydrogens is 324 g/mol. The van der Waals surface area contributed by atoms with Crippen molar-refractivity contribution < 1.29 is 9.53 Å². The van der Waals surface area contributed by atoms with E-state index in [9.17, 15) is 4.79 Å². The number of carbonyl (C=O) groups excluding carboxylic acids is 1. The second-order valence-electron chi connectivity index (χ2n) is 5.95. The van der Waals surface area contributed by atoms with Gasteiger partial charge in [0.2, 0.25) is 11.1 Å². The first-order valence-corrected chi connectivity index (χ1v) is 9.07. The summed E-state index contributed by atoms with van der Waals surface area (Å²) in [5.74, 6) is 1.54. The third-order valence-electron chi connectivity index (χ3n) is 4.18. The number of aromatic nitrogens is 3. The molecule has 3 rings (SSSR count). The lowest BCUT2D eigenvalue weighted by Crippen LogP contribution is -2.37. The number of hydrogen-bond acceptors (Lipinski definition) is 5. The van der Waals surface area contributed by atoms with Gasteiger partial charge in [-0.15, -0.1) is 5.10 Å². The molecule has 0 saturated heterocycles. The van der Waals surface area contributed by atoms with Gasteiger partial charge in [-0.2, -0.15) is 0 Å². The maximum absolute atomic E-state index is 12.2. The summed E-state index contributed by atoms with van der Waals surface area (Å²) in [6.45, 7) is 1.89. The van der Waals surface area contributed by atoms with E-state index in [1.165, 1.54) is 24.6 Å². The number of ether oxygens (including phenoxy) is 1. The Bertz CT molecular complexity index is 680. The fraction of sp³-hybridized carbons (Fsp3) is 0.471. The van der Waals surface area contributed by atoms with Crippen molar-refractivity contribution >= 4 is 17.7 Å². The Morgan fingerprint density at radius 1 is 1.33 bits per heavy atom. The molecule has 2 N–H and O–H groups in total. The smallest absolute Gasteiger partial charge is 0.233 e. The van der Waals surface area contributed by atoms with Gasteiger partial charge in [-0.3, -0.25) is 9.89 Å². The Morgan fingerprint density at radius 3 is 2.71 bits per heavy atom. The number of aromatic amines is 1. The number of benzene rings is 1. The number of H-pyrrole nitrogens is 1. The molecule has 1 amide bonds. The Labute approximate surface area is 145 Å². The van der Waals surface area contributed by atoms with E-state index < -0.39 is 0 Å². The number of thioether (sulfide) groups is 1. The number of methoxy groups -OCH3 is 1. The number of carbonyl (C=O) groups is 1. The molecule has 1 aliphatic carbocycles. The molecule has 2 aromatic rings. The van der Waals surface area contributed by atoms with Crippen LogP contribution in [0.1, 0.15) is 32.6 Å². The lowest BCUT2D eigenvalue weighted by atomic mass is 10.2. The first-order valence-electron chi connectivity index (χ1n) is 8.19. The van der Waals surface area contributed by atoms with E-state index in [0.717, 1.165) is 24.2 Å². The van der Waals surface area contributed by atoms with Crippen molar-refractivity contribution in [2.75, 3.05) is 7.11 Å². The summed E-state index contributed by atoms with van der Waals surface area (Å²) >= 11 is 1.37. The summed E-state index contributed by atoms with van der Waals surface area (Å²) in [4.78, 5) is 16.7. The zero-order valence-electron chi connectivity index (χ0n) is 13.9. The normalized spacial score (nSPS) is 16.1. The second kappa shape index (κ2) is 7.70. The standard InChI is InChI=1S/C17H22N4O2S/c1-11(16(22)18-13-5-3-4-6-13)24-17-19-15(20-21-17)12-7-9-14(23-2)10-8-12/h7-11,13H,3-6H2,1-2H3,(H,18,22)(H,19,20,21). The molecular formula is C17H22N4O2S. The lowest BCUT2D eigenvalue weighted by Gasteiger charge is -2.15. The highest BCUT2D eigenvalue weighted by molar-refractivity contribution is 8.00. The Hall–Kier alpha value is -2.02. The van der Waals surface area contributed by atoms with Gasteiger partial charge in [-0.25, -0.2) is 4.98 Å². The summed E-state index contributed by atoms with van der Waals surface area (Å²) in [6, 6.07) is 7.93. The molecule has 1 aromatic heterocycles. The first-order chi connectivity index (χ1) is 11.7. The van der Waals surface area contributed by atoms with Crippen molar-refractivity contribution in [3.8, 4) is 17.1 Å². The number of nitrogens with zero attached hydrogens (tertiary/aromatic N) is 2. The molecule has 7 heteroatoms. The zero-order chi connectivity index (χ0) is 16.9. The molecule has 0 radical (unpaired) electrons. The maximum Gasteiger partial charge on any atom is 0.233 e. The minimum Gasteiger partial charge on any atom is -0.497 e. The van der Waals surface area contributed by atoms with Crippen molar-refractivity contribution in [1.29, 1.82) is 0 Å². The molecule has 1 saturated carbocycles. The molecule has 0 bridgehead atoms. The van der Waals surface area contributed by atoms with Crippen LogP contribution in [0.25, 0.3) is 11.4 Å². The van der Waals surface area contributed by atoms with Crippen LogP contribution in [0.5, 0.6) is 5.75 Å². The Morgan fingerprint density at radius 2 is 2.04 bits per heavy atom. The zero-order valence-corrected chi connectivity index (χ0v) is 14.7. The maximum atomic E-state index is 12.2. The number of rotatable bonds is 6. The van der Waals surface area contributed by atoms with Crippen LogP contribution in [-0.4, -0.2) is 39.5 Å². The SMILES string of the molecule is COc1ccc(-c2nc(SC(C)C(=O)NC3CCCC3)n[nH]2)cc1. The number of nitrogens with one attached hydrogen (secondary N) is 2. The highest BCUT2D eigenvalue weighted by Crippen LogP contribution is 2.25. The summed E-state index contributed by atoms with van der Waals surface area (Å²) < 4.78 is 5.15. The number of hydrogen-bond donors (Lipinski definition) is 2. The molecule has 0 aliphatic heterocycles. The van der Waals surface area contributed by atoms with Crippen molar-refractivity contribution in [3.05, 3.63) is 24.3 Å². The fourth-order valence-corrected chi connectivity index (χ4v) is 3.51. The molecule has 1 atom stereocenters. The largest absolute Gasteiger partial charge is 0.497 e. The van der Waals surface area contributed by atoms with Gasteiger partial charge < -0.3 is 10.1 Å². The minimum absolute atomic E-state index is 0.0581. The minimum atomic E-state index is -0.217. The lowest BCUT2D eigenvalue weighted by molar-refractivity contribution is -0.120. The first kappa shape index (κ1) is 16.8. The van der Waals surface area contributed by atoms with Crippen LogP contribution in [0, 0.1) is 0 Å². The van der Waals surface area contributed by atoms with Gasteiger partial charge in [0.25, 0.3) is 0 Å². The van der Waals surface area contributed by atoms with Crippen molar-refractivity contribution in [3.63, 3.8) is 0 Å². The van der Waals surface area contributed by atoms with Gasteiger partial charge in [0, 0.05) is 11.6 Å². The van der Waals surface area contributed by atoms with E-state index in [-0.39, 0.29) is 11.2 Å². The van der Waals surface area contributed by atoms with Crippen LogP contribution in [0.15, 0.2) is 29.4 Å². The molecule has 1 unspecified atom stereocenters. The predicted octanol–water partition coefficient (Wildman–Crippen LogP) is 3.02. The van der Waals surface area contributed by atoms with Crippen LogP contribution in [0.4, 0.5) is 0 Å². The molecule has 6 nitrogen and oxygen atoms in total. The van der Waals surface area contributed by atoms with Gasteiger partial charge >= 0.3 is 0 Å². The van der Waals surface area contributed by atoms with Crippen LogP contribution >= 0.6 is 11.8 Å². The van der Waals surface area contributed by atoms with Crippen LogP contribution in [-0.2, 0) is 4.79 Å². The quantitative estimate of drug-likeness (QED) is 0.786. The summed E-state index contributed by atoms with van der Waals surface area (Å²) in [6.07, 6.45) is 4.59. The third kappa shape index (κ3) is 4.08. The summed E-state index contributed by atoms with van der Waals surface area (Å²) in [5, 5.41) is 10.6. The van der Waals surface area contributed by atoms with Crippen molar-refractivity contribution in [2.24, 2.45) is 0 Å². The Balaban J connectivity index is 1.59. The van der Waals surface area contributed by atoms with Gasteiger partial charge in [-0.05, 0) is 44.0 Å². The molecule has 0 spiro atoms.